The number of amides is 2. The van der Waals surface area contributed by atoms with Gasteiger partial charge in [0.15, 0.2) is 6.61 Å². The van der Waals surface area contributed by atoms with Gasteiger partial charge in [0, 0.05) is 30.5 Å². The molecule has 1 aromatic rings. The van der Waals surface area contributed by atoms with Gasteiger partial charge in [0.25, 0.3) is 5.91 Å². The summed E-state index contributed by atoms with van der Waals surface area (Å²) in [5, 5.41) is 2.95. The van der Waals surface area contributed by atoms with Gasteiger partial charge in [-0.3, -0.25) is 9.59 Å². The maximum absolute atomic E-state index is 11.9. The molecule has 1 aromatic carbocycles. The third-order valence-electron chi connectivity index (χ3n) is 3.47. The Labute approximate surface area is 132 Å². The molecular weight excluding hydrogens is 336 g/mol. The van der Waals surface area contributed by atoms with E-state index in [9.17, 15) is 9.59 Å². The van der Waals surface area contributed by atoms with Gasteiger partial charge in [-0.1, -0.05) is 22.0 Å². The molecule has 2 rings (SSSR count). The van der Waals surface area contributed by atoms with E-state index in [0.29, 0.717) is 18.8 Å². The SMILES string of the molecule is CC(=O)N1CCC(NC(=O)COc2cccc(Br)c2)CC1. The molecular formula is C15H19BrN2O3. The van der Waals surface area contributed by atoms with E-state index in [2.05, 4.69) is 21.2 Å². The molecule has 1 saturated heterocycles. The quantitative estimate of drug-likeness (QED) is 0.898. The zero-order valence-electron chi connectivity index (χ0n) is 12.0. The minimum absolute atomic E-state index is 0.00335. The molecule has 0 bridgehead atoms. The number of nitrogens with one attached hydrogen (secondary N) is 1. The Kier molecular flexibility index (Phi) is 5.61. The molecule has 1 N–H and O–H groups in total. The topological polar surface area (TPSA) is 58.6 Å². The van der Waals surface area contributed by atoms with E-state index in [0.717, 1.165) is 17.3 Å². The third-order valence-corrected chi connectivity index (χ3v) is 3.96. The summed E-state index contributed by atoms with van der Waals surface area (Å²) in [7, 11) is 0. The van der Waals surface area contributed by atoms with Crippen molar-refractivity contribution >= 4 is 27.7 Å². The molecule has 114 valence electrons. The fourth-order valence-corrected chi connectivity index (χ4v) is 2.69. The third kappa shape index (κ3) is 5.04. The highest BCUT2D eigenvalue weighted by Gasteiger charge is 2.21. The number of carbonyl (C=O) groups excluding carboxylic acids is 2. The van der Waals surface area contributed by atoms with Crippen LogP contribution in [0.15, 0.2) is 28.7 Å². The summed E-state index contributed by atoms with van der Waals surface area (Å²) in [6, 6.07) is 7.51. The van der Waals surface area contributed by atoms with Gasteiger partial charge in [0.2, 0.25) is 5.91 Å². The Hall–Kier alpha value is -1.56. The first-order valence-corrected chi connectivity index (χ1v) is 7.77. The molecule has 0 atom stereocenters. The number of rotatable bonds is 4. The molecule has 1 fully saturated rings. The maximum atomic E-state index is 11.9. The van der Waals surface area contributed by atoms with Crippen LogP contribution >= 0.6 is 15.9 Å². The van der Waals surface area contributed by atoms with Crippen LogP contribution in [0.3, 0.4) is 0 Å². The number of halogens is 1. The van der Waals surface area contributed by atoms with Crippen molar-refractivity contribution in [3.63, 3.8) is 0 Å². The van der Waals surface area contributed by atoms with E-state index in [1.165, 1.54) is 0 Å². The van der Waals surface area contributed by atoms with Crippen LogP contribution in [-0.2, 0) is 9.59 Å². The second-order valence-electron chi connectivity index (χ2n) is 5.09. The minimum atomic E-state index is -0.128. The van der Waals surface area contributed by atoms with Crippen molar-refractivity contribution in [2.75, 3.05) is 19.7 Å². The van der Waals surface area contributed by atoms with Crippen molar-refractivity contribution in [2.45, 2.75) is 25.8 Å². The highest BCUT2D eigenvalue weighted by Crippen LogP contribution is 2.17. The molecule has 2 amide bonds. The van der Waals surface area contributed by atoms with Crippen molar-refractivity contribution in [1.29, 1.82) is 0 Å². The zero-order valence-corrected chi connectivity index (χ0v) is 13.6. The first-order chi connectivity index (χ1) is 10.0. The summed E-state index contributed by atoms with van der Waals surface area (Å²) in [6.07, 6.45) is 1.59. The van der Waals surface area contributed by atoms with Crippen molar-refractivity contribution in [3.05, 3.63) is 28.7 Å². The summed E-state index contributed by atoms with van der Waals surface area (Å²) in [6.45, 7) is 2.98. The van der Waals surface area contributed by atoms with Crippen LogP contribution in [0, 0.1) is 0 Å². The van der Waals surface area contributed by atoms with Gasteiger partial charge in [0.1, 0.15) is 5.75 Å². The fraction of sp³-hybridized carbons (Fsp3) is 0.467. The van der Waals surface area contributed by atoms with Crippen LogP contribution in [0.1, 0.15) is 19.8 Å². The first kappa shape index (κ1) is 15.8. The molecule has 0 aliphatic carbocycles. The van der Waals surface area contributed by atoms with Gasteiger partial charge < -0.3 is 15.0 Å². The van der Waals surface area contributed by atoms with Crippen LogP contribution in [0.5, 0.6) is 5.75 Å². The Bertz CT molecular complexity index is 513. The minimum Gasteiger partial charge on any atom is -0.484 e. The van der Waals surface area contributed by atoms with E-state index >= 15 is 0 Å². The highest BCUT2D eigenvalue weighted by molar-refractivity contribution is 9.10. The van der Waals surface area contributed by atoms with E-state index in [4.69, 9.17) is 4.74 Å². The number of hydrogen-bond donors (Lipinski definition) is 1. The monoisotopic (exact) mass is 354 g/mol. The number of piperidine rings is 1. The highest BCUT2D eigenvalue weighted by atomic mass is 79.9. The van der Waals surface area contributed by atoms with Gasteiger partial charge in [-0.05, 0) is 31.0 Å². The maximum Gasteiger partial charge on any atom is 0.258 e. The van der Waals surface area contributed by atoms with Gasteiger partial charge in [-0.25, -0.2) is 0 Å². The molecule has 1 aliphatic heterocycles. The predicted octanol–water partition coefficient (Wildman–Crippen LogP) is 1.95. The van der Waals surface area contributed by atoms with E-state index < -0.39 is 0 Å². The average Bonchev–Trinajstić information content (AvgIpc) is 2.46. The van der Waals surface area contributed by atoms with Crippen LogP contribution in [0.4, 0.5) is 0 Å². The summed E-state index contributed by atoms with van der Waals surface area (Å²) in [5.41, 5.74) is 0. The Balaban J connectivity index is 1.72. The molecule has 0 aromatic heterocycles. The van der Waals surface area contributed by atoms with Crippen LogP contribution in [-0.4, -0.2) is 42.5 Å². The Morgan fingerprint density at radius 1 is 1.38 bits per heavy atom. The Morgan fingerprint density at radius 2 is 2.10 bits per heavy atom. The fourth-order valence-electron chi connectivity index (χ4n) is 2.31. The molecule has 0 unspecified atom stereocenters. The van der Waals surface area contributed by atoms with Gasteiger partial charge in [0.05, 0.1) is 0 Å². The van der Waals surface area contributed by atoms with E-state index in [1.807, 2.05) is 24.3 Å². The largest absolute Gasteiger partial charge is 0.484 e. The number of benzene rings is 1. The van der Waals surface area contributed by atoms with Gasteiger partial charge in [-0.2, -0.15) is 0 Å². The lowest BCUT2D eigenvalue weighted by Crippen LogP contribution is -2.47. The molecule has 6 heteroatoms. The number of likely N-dealkylation sites (tertiary alicyclic amines) is 1. The lowest BCUT2D eigenvalue weighted by Gasteiger charge is -2.31. The lowest BCUT2D eigenvalue weighted by atomic mass is 10.1. The normalized spacial score (nSPS) is 15.6. The molecule has 5 nitrogen and oxygen atoms in total. The van der Waals surface area contributed by atoms with Gasteiger partial charge >= 0.3 is 0 Å². The van der Waals surface area contributed by atoms with E-state index in [1.54, 1.807) is 11.8 Å². The van der Waals surface area contributed by atoms with Crippen molar-refractivity contribution in [3.8, 4) is 5.75 Å². The van der Waals surface area contributed by atoms with Crippen molar-refractivity contribution in [1.82, 2.24) is 10.2 Å². The van der Waals surface area contributed by atoms with Crippen LogP contribution in [0.2, 0.25) is 0 Å². The number of hydrogen-bond acceptors (Lipinski definition) is 3. The molecule has 0 radical (unpaired) electrons. The van der Waals surface area contributed by atoms with Crippen LogP contribution < -0.4 is 10.1 Å². The summed E-state index contributed by atoms with van der Waals surface area (Å²) >= 11 is 3.35. The second kappa shape index (κ2) is 7.45. The average molecular weight is 355 g/mol. The zero-order chi connectivity index (χ0) is 15.2. The number of nitrogens with zero attached hydrogens (tertiary/aromatic N) is 1. The lowest BCUT2D eigenvalue weighted by molar-refractivity contribution is -0.130. The number of carbonyl (C=O) groups is 2. The Morgan fingerprint density at radius 3 is 2.71 bits per heavy atom. The molecule has 1 aliphatic rings. The van der Waals surface area contributed by atoms with Crippen molar-refractivity contribution < 1.29 is 14.3 Å². The predicted molar refractivity (Wildman–Crippen MR) is 83.1 cm³/mol. The summed E-state index contributed by atoms with van der Waals surface area (Å²) in [5.74, 6) is 0.625. The molecule has 0 saturated carbocycles. The molecule has 21 heavy (non-hydrogen) atoms. The standard InChI is InChI=1S/C15H19BrN2O3/c1-11(19)18-7-5-13(6-8-18)17-15(20)10-21-14-4-2-3-12(16)9-14/h2-4,9,13H,5-8,10H2,1H3,(H,17,20). The summed E-state index contributed by atoms with van der Waals surface area (Å²) < 4.78 is 6.36. The van der Waals surface area contributed by atoms with Crippen molar-refractivity contribution in [2.24, 2.45) is 0 Å². The molecule has 1 heterocycles. The van der Waals surface area contributed by atoms with Crippen LogP contribution in [0.25, 0.3) is 0 Å². The number of ether oxygens (including phenoxy) is 1. The van der Waals surface area contributed by atoms with E-state index in [-0.39, 0.29) is 24.5 Å². The first-order valence-electron chi connectivity index (χ1n) is 6.98. The summed E-state index contributed by atoms with van der Waals surface area (Å²) in [4.78, 5) is 24.9. The smallest absolute Gasteiger partial charge is 0.258 e. The second-order valence-corrected chi connectivity index (χ2v) is 6.01. The molecule has 0 spiro atoms. The van der Waals surface area contributed by atoms with Gasteiger partial charge in [-0.15, -0.1) is 0 Å².